The molecule has 2 heterocycles. The number of hydrogen-bond acceptors (Lipinski definition) is 4. The van der Waals surface area contributed by atoms with Gasteiger partial charge in [-0.05, 0) is 30.9 Å². The summed E-state index contributed by atoms with van der Waals surface area (Å²) in [6, 6.07) is 5.88. The van der Waals surface area contributed by atoms with Crippen LogP contribution in [0.5, 0.6) is 5.75 Å². The van der Waals surface area contributed by atoms with Crippen molar-refractivity contribution in [3.05, 3.63) is 18.2 Å². The average molecular weight is 362 g/mol. The van der Waals surface area contributed by atoms with Crippen molar-refractivity contribution in [3.63, 3.8) is 0 Å². The minimum Gasteiger partial charge on any atom is -0.497 e. The summed E-state index contributed by atoms with van der Waals surface area (Å²) in [4.78, 5) is 22.4. The Balaban J connectivity index is 1.52. The van der Waals surface area contributed by atoms with Gasteiger partial charge >= 0.3 is 0 Å². The monoisotopic (exact) mass is 361 g/mol. The molecule has 0 saturated carbocycles. The molecule has 2 aromatic rings. The van der Waals surface area contributed by atoms with Crippen molar-refractivity contribution in [2.24, 2.45) is 11.3 Å². The lowest BCUT2D eigenvalue weighted by Crippen LogP contribution is -2.44. The number of H-pyrrole nitrogens is 1. The van der Waals surface area contributed by atoms with Gasteiger partial charge in [0.25, 0.3) is 0 Å². The van der Waals surface area contributed by atoms with Crippen LogP contribution in [-0.4, -0.2) is 46.7 Å². The van der Waals surface area contributed by atoms with Crippen LogP contribution in [0.4, 0.5) is 0 Å². The molecule has 3 rings (SSSR count). The molecule has 5 nitrogen and oxygen atoms in total. The van der Waals surface area contributed by atoms with Crippen molar-refractivity contribution < 1.29 is 9.53 Å². The first-order valence-corrected chi connectivity index (χ1v) is 9.81. The van der Waals surface area contributed by atoms with Gasteiger partial charge in [-0.1, -0.05) is 32.5 Å². The summed E-state index contributed by atoms with van der Waals surface area (Å²) in [6.07, 6.45) is 2.14. The summed E-state index contributed by atoms with van der Waals surface area (Å²) in [5, 5.41) is 0.955. The lowest BCUT2D eigenvalue weighted by Gasteiger charge is -2.35. The normalized spacial score (nSPS) is 16.4. The highest BCUT2D eigenvalue weighted by molar-refractivity contribution is 7.99. The number of aromatic amines is 1. The summed E-state index contributed by atoms with van der Waals surface area (Å²) >= 11 is 1.77. The molecule has 1 aromatic heterocycles. The number of carbonyl (C=O) groups is 1. The van der Waals surface area contributed by atoms with Gasteiger partial charge < -0.3 is 14.6 Å². The zero-order valence-electron chi connectivity index (χ0n) is 15.5. The van der Waals surface area contributed by atoms with Crippen molar-refractivity contribution >= 4 is 28.7 Å². The van der Waals surface area contributed by atoms with E-state index in [0.29, 0.717) is 5.92 Å². The molecule has 1 amide bonds. The molecule has 1 aromatic carbocycles. The largest absolute Gasteiger partial charge is 0.497 e. The van der Waals surface area contributed by atoms with E-state index in [2.05, 4.69) is 9.97 Å². The zero-order valence-corrected chi connectivity index (χ0v) is 16.3. The number of aromatic nitrogens is 2. The number of imidazole rings is 1. The lowest BCUT2D eigenvalue weighted by atomic mass is 9.92. The number of fused-ring (bicyclic) bond motifs is 1. The topological polar surface area (TPSA) is 58.2 Å². The summed E-state index contributed by atoms with van der Waals surface area (Å²) < 4.78 is 5.25. The molecule has 1 N–H and O–H groups in total. The van der Waals surface area contributed by atoms with E-state index in [1.165, 1.54) is 0 Å². The van der Waals surface area contributed by atoms with Gasteiger partial charge in [-0.15, -0.1) is 0 Å². The van der Waals surface area contributed by atoms with Gasteiger partial charge in [0.05, 0.1) is 18.1 Å². The number of benzene rings is 1. The molecule has 1 fully saturated rings. The maximum Gasteiger partial charge on any atom is 0.227 e. The number of nitrogens with zero attached hydrogens (tertiary/aromatic N) is 2. The first-order chi connectivity index (χ1) is 11.9. The molecule has 0 aliphatic carbocycles. The second-order valence-electron chi connectivity index (χ2n) is 7.72. The molecule has 0 unspecified atom stereocenters. The summed E-state index contributed by atoms with van der Waals surface area (Å²) in [6.45, 7) is 7.73. The minimum absolute atomic E-state index is 0.268. The minimum atomic E-state index is -0.281. The molecule has 0 bridgehead atoms. The van der Waals surface area contributed by atoms with Crippen LogP contribution in [0.15, 0.2) is 23.4 Å². The number of likely N-dealkylation sites (tertiary alicyclic amines) is 1. The Kier molecular flexibility index (Phi) is 5.27. The van der Waals surface area contributed by atoms with Crippen molar-refractivity contribution in [2.75, 3.05) is 26.0 Å². The van der Waals surface area contributed by atoms with Crippen LogP contribution in [-0.2, 0) is 4.79 Å². The predicted octanol–water partition coefficient (Wildman–Crippen LogP) is 3.95. The lowest BCUT2D eigenvalue weighted by molar-refractivity contribution is -0.140. The Morgan fingerprint density at radius 2 is 2.08 bits per heavy atom. The van der Waals surface area contributed by atoms with Gasteiger partial charge in [-0.3, -0.25) is 4.79 Å². The van der Waals surface area contributed by atoms with E-state index in [-0.39, 0.29) is 11.3 Å². The molecular weight excluding hydrogens is 334 g/mol. The van der Waals surface area contributed by atoms with Crippen LogP contribution >= 0.6 is 11.8 Å². The highest BCUT2D eigenvalue weighted by Gasteiger charge is 2.30. The molecule has 1 aliphatic heterocycles. The summed E-state index contributed by atoms with van der Waals surface area (Å²) in [7, 11) is 1.67. The quantitative estimate of drug-likeness (QED) is 0.838. The van der Waals surface area contributed by atoms with E-state index in [1.807, 2.05) is 43.9 Å². The smallest absolute Gasteiger partial charge is 0.227 e. The number of thioether (sulfide) groups is 1. The number of hydrogen-bond donors (Lipinski definition) is 1. The fourth-order valence-corrected chi connectivity index (χ4v) is 4.21. The van der Waals surface area contributed by atoms with Gasteiger partial charge in [-0.25, -0.2) is 4.98 Å². The van der Waals surface area contributed by atoms with Crippen LogP contribution in [0.25, 0.3) is 11.0 Å². The van der Waals surface area contributed by atoms with Gasteiger partial charge in [0, 0.05) is 30.3 Å². The number of piperidine rings is 1. The number of nitrogens with one attached hydrogen (secondary N) is 1. The Morgan fingerprint density at radius 3 is 2.72 bits per heavy atom. The van der Waals surface area contributed by atoms with Crippen molar-refractivity contribution in [1.29, 1.82) is 0 Å². The average Bonchev–Trinajstić information content (AvgIpc) is 3.00. The number of ether oxygens (including phenoxy) is 1. The summed E-state index contributed by atoms with van der Waals surface area (Å²) in [5.41, 5.74) is 1.69. The van der Waals surface area contributed by atoms with Gasteiger partial charge in [0.15, 0.2) is 5.16 Å². The molecule has 1 aliphatic rings. The van der Waals surface area contributed by atoms with Crippen LogP contribution in [0.1, 0.15) is 33.6 Å². The highest BCUT2D eigenvalue weighted by Crippen LogP contribution is 2.29. The van der Waals surface area contributed by atoms with E-state index in [4.69, 9.17) is 4.74 Å². The molecule has 6 heteroatoms. The van der Waals surface area contributed by atoms with Crippen molar-refractivity contribution in [1.82, 2.24) is 14.9 Å². The van der Waals surface area contributed by atoms with Crippen LogP contribution in [0.3, 0.4) is 0 Å². The van der Waals surface area contributed by atoms with E-state index < -0.39 is 0 Å². The maximum absolute atomic E-state index is 12.4. The van der Waals surface area contributed by atoms with Gasteiger partial charge in [0.2, 0.25) is 5.91 Å². The number of methoxy groups -OCH3 is 1. The Hall–Kier alpha value is -1.69. The number of rotatable bonds is 4. The van der Waals surface area contributed by atoms with Crippen molar-refractivity contribution in [2.45, 2.75) is 38.8 Å². The van der Waals surface area contributed by atoms with E-state index >= 15 is 0 Å². The summed E-state index contributed by atoms with van der Waals surface area (Å²) in [5.74, 6) is 2.78. The van der Waals surface area contributed by atoms with Crippen LogP contribution in [0, 0.1) is 11.3 Å². The van der Waals surface area contributed by atoms with Crippen LogP contribution < -0.4 is 4.74 Å². The Labute approximate surface area is 153 Å². The maximum atomic E-state index is 12.4. The molecular formula is C19H27N3O2S. The predicted molar refractivity (Wildman–Crippen MR) is 102 cm³/mol. The third-order valence-corrected chi connectivity index (χ3v) is 5.77. The second-order valence-corrected chi connectivity index (χ2v) is 8.73. The van der Waals surface area contributed by atoms with E-state index in [1.54, 1.807) is 18.9 Å². The molecule has 136 valence electrons. The van der Waals surface area contributed by atoms with Crippen molar-refractivity contribution in [3.8, 4) is 5.75 Å². The fourth-order valence-electron chi connectivity index (χ4n) is 3.13. The van der Waals surface area contributed by atoms with Crippen LogP contribution in [0.2, 0.25) is 0 Å². The fraction of sp³-hybridized carbons (Fsp3) is 0.579. The third-order valence-electron chi connectivity index (χ3n) is 4.67. The Bertz CT molecular complexity index is 743. The highest BCUT2D eigenvalue weighted by atomic mass is 32.2. The molecule has 25 heavy (non-hydrogen) atoms. The van der Waals surface area contributed by atoms with Gasteiger partial charge in [0.1, 0.15) is 5.75 Å². The Morgan fingerprint density at radius 1 is 1.36 bits per heavy atom. The third kappa shape index (κ3) is 4.29. The standard InChI is InChI=1S/C19H27N3O2S/c1-19(2,3)17(23)22-9-7-13(8-10-22)12-25-18-20-15-6-5-14(24-4)11-16(15)21-18/h5-6,11,13H,7-10,12H2,1-4H3,(H,20,21). The molecule has 0 spiro atoms. The number of amides is 1. The molecule has 0 atom stereocenters. The second kappa shape index (κ2) is 7.28. The molecule has 1 saturated heterocycles. The van der Waals surface area contributed by atoms with Gasteiger partial charge in [-0.2, -0.15) is 0 Å². The number of carbonyl (C=O) groups excluding carboxylic acids is 1. The van der Waals surface area contributed by atoms with E-state index in [0.717, 1.165) is 53.6 Å². The zero-order chi connectivity index (χ0) is 18.0. The first-order valence-electron chi connectivity index (χ1n) is 8.83. The molecule has 0 radical (unpaired) electrons. The first kappa shape index (κ1) is 18.1. The van der Waals surface area contributed by atoms with E-state index in [9.17, 15) is 4.79 Å². The SMILES string of the molecule is COc1ccc2nc(SCC3CCN(C(=O)C(C)(C)C)CC3)[nH]c2c1.